The van der Waals surface area contributed by atoms with E-state index in [0.29, 0.717) is 46.9 Å². The first-order valence-electron chi connectivity index (χ1n) is 10.1. The standard InChI is InChI=1S/C22H25F3N4O2/c1-6-29(7-2)18-12(3)17-19(27-14(5)28-20(17)31-21(18)30)26-13(4)15-9-8-10-16(11-15)22(23,24)25/h8-11,13H,6-7H2,1-5H3,(H,26,27,28)/t13-/m1/s1. The van der Waals surface area contributed by atoms with Crippen molar-refractivity contribution in [2.45, 2.75) is 46.8 Å². The summed E-state index contributed by atoms with van der Waals surface area (Å²) in [5.74, 6) is 0.784. The molecule has 0 aliphatic carbocycles. The molecule has 0 fully saturated rings. The Labute approximate surface area is 178 Å². The molecule has 6 nitrogen and oxygen atoms in total. The second-order valence-corrected chi connectivity index (χ2v) is 7.32. The van der Waals surface area contributed by atoms with Crippen molar-refractivity contribution in [3.05, 3.63) is 57.2 Å². The Kier molecular flexibility index (Phi) is 6.24. The molecule has 0 aliphatic heterocycles. The number of benzene rings is 1. The molecule has 0 unspecified atom stereocenters. The molecule has 9 heteroatoms. The fourth-order valence-corrected chi connectivity index (χ4v) is 3.65. The highest BCUT2D eigenvalue weighted by molar-refractivity contribution is 5.92. The van der Waals surface area contributed by atoms with E-state index in [0.717, 1.165) is 12.1 Å². The van der Waals surface area contributed by atoms with Crippen LogP contribution in [0, 0.1) is 13.8 Å². The predicted molar refractivity (Wildman–Crippen MR) is 115 cm³/mol. The molecule has 0 radical (unpaired) electrons. The Morgan fingerprint density at radius 3 is 2.45 bits per heavy atom. The lowest BCUT2D eigenvalue weighted by Crippen LogP contribution is -2.28. The minimum Gasteiger partial charge on any atom is -0.402 e. The van der Waals surface area contributed by atoms with E-state index in [1.54, 1.807) is 26.8 Å². The molecular weight excluding hydrogens is 409 g/mol. The molecule has 0 aliphatic rings. The van der Waals surface area contributed by atoms with Crippen LogP contribution in [0.4, 0.5) is 24.7 Å². The lowest BCUT2D eigenvalue weighted by molar-refractivity contribution is -0.137. The molecule has 1 aromatic carbocycles. The number of anilines is 2. The zero-order valence-electron chi connectivity index (χ0n) is 18.1. The van der Waals surface area contributed by atoms with E-state index in [1.807, 2.05) is 18.7 Å². The largest absolute Gasteiger partial charge is 0.416 e. The highest BCUT2D eigenvalue weighted by atomic mass is 19.4. The zero-order chi connectivity index (χ0) is 22.9. The van der Waals surface area contributed by atoms with E-state index in [4.69, 9.17) is 4.42 Å². The summed E-state index contributed by atoms with van der Waals surface area (Å²) in [4.78, 5) is 23.2. The van der Waals surface area contributed by atoms with Gasteiger partial charge in [0.15, 0.2) is 0 Å². The third-order valence-electron chi connectivity index (χ3n) is 5.25. The first-order chi connectivity index (χ1) is 14.6. The van der Waals surface area contributed by atoms with Crippen LogP contribution in [0.1, 0.15) is 49.3 Å². The van der Waals surface area contributed by atoms with Gasteiger partial charge in [0.2, 0.25) is 5.71 Å². The van der Waals surface area contributed by atoms with Crippen LogP contribution in [0.3, 0.4) is 0 Å². The van der Waals surface area contributed by atoms with E-state index in [9.17, 15) is 18.0 Å². The van der Waals surface area contributed by atoms with Crippen molar-refractivity contribution in [2.24, 2.45) is 0 Å². The molecular formula is C22H25F3N4O2. The van der Waals surface area contributed by atoms with Gasteiger partial charge in [0.25, 0.3) is 0 Å². The highest BCUT2D eigenvalue weighted by Crippen LogP contribution is 2.33. The number of aromatic nitrogens is 2. The van der Waals surface area contributed by atoms with Gasteiger partial charge in [-0.15, -0.1) is 0 Å². The molecule has 2 heterocycles. The summed E-state index contributed by atoms with van der Waals surface area (Å²) in [7, 11) is 0. The maximum absolute atomic E-state index is 13.1. The molecule has 166 valence electrons. The van der Waals surface area contributed by atoms with Crippen molar-refractivity contribution < 1.29 is 17.6 Å². The van der Waals surface area contributed by atoms with Crippen LogP contribution in [0.25, 0.3) is 11.1 Å². The molecule has 0 saturated heterocycles. The number of halogens is 3. The normalized spacial score (nSPS) is 12.8. The van der Waals surface area contributed by atoms with E-state index in [2.05, 4.69) is 15.3 Å². The van der Waals surface area contributed by atoms with Crippen molar-refractivity contribution in [1.29, 1.82) is 0 Å². The molecule has 0 bridgehead atoms. The number of hydrogen-bond acceptors (Lipinski definition) is 6. The van der Waals surface area contributed by atoms with Crippen molar-refractivity contribution >= 4 is 22.6 Å². The van der Waals surface area contributed by atoms with Crippen LogP contribution in [-0.2, 0) is 6.18 Å². The Bertz CT molecular complexity index is 1150. The van der Waals surface area contributed by atoms with Gasteiger partial charge in [-0.3, -0.25) is 0 Å². The predicted octanol–water partition coefficient (Wildman–Crippen LogP) is 5.24. The summed E-state index contributed by atoms with van der Waals surface area (Å²) in [6.45, 7) is 10.3. The monoisotopic (exact) mass is 434 g/mol. The highest BCUT2D eigenvalue weighted by Gasteiger charge is 2.31. The molecule has 3 aromatic rings. The SMILES string of the molecule is CCN(CC)c1c(C)c2c(N[C@H](C)c3cccc(C(F)(F)F)c3)nc(C)nc2oc1=O. The smallest absolute Gasteiger partial charge is 0.402 e. The minimum atomic E-state index is -4.42. The second kappa shape index (κ2) is 8.56. The van der Waals surface area contributed by atoms with Gasteiger partial charge in [-0.1, -0.05) is 12.1 Å². The zero-order valence-corrected chi connectivity index (χ0v) is 18.1. The molecule has 0 spiro atoms. The van der Waals surface area contributed by atoms with E-state index >= 15 is 0 Å². The van der Waals surface area contributed by atoms with Gasteiger partial charge < -0.3 is 14.6 Å². The number of fused-ring (bicyclic) bond motifs is 1. The average molecular weight is 434 g/mol. The van der Waals surface area contributed by atoms with Crippen molar-refractivity contribution in [3.63, 3.8) is 0 Å². The summed E-state index contributed by atoms with van der Waals surface area (Å²) in [5.41, 5.74) is 0.494. The quantitative estimate of drug-likeness (QED) is 0.572. The van der Waals surface area contributed by atoms with Crippen LogP contribution in [0.15, 0.2) is 33.5 Å². The van der Waals surface area contributed by atoms with Crippen LogP contribution < -0.4 is 15.8 Å². The topological polar surface area (TPSA) is 71.3 Å². The number of nitrogens with zero attached hydrogens (tertiary/aromatic N) is 3. The Morgan fingerprint density at radius 2 is 1.84 bits per heavy atom. The number of rotatable bonds is 6. The minimum absolute atomic E-state index is 0.143. The maximum atomic E-state index is 13.1. The molecule has 0 saturated carbocycles. The van der Waals surface area contributed by atoms with Gasteiger partial charge in [-0.2, -0.15) is 18.2 Å². The third kappa shape index (κ3) is 4.50. The molecule has 0 amide bonds. The van der Waals surface area contributed by atoms with E-state index in [1.165, 1.54) is 6.07 Å². The van der Waals surface area contributed by atoms with Crippen molar-refractivity contribution in [1.82, 2.24) is 9.97 Å². The maximum Gasteiger partial charge on any atom is 0.416 e. The van der Waals surface area contributed by atoms with Gasteiger partial charge in [-0.25, -0.2) is 9.78 Å². The fraction of sp³-hybridized carbons (Fsp3) is 0.409. The third-order valence-corrected chi connectivity index (χ3v) is 5.25. The van der Waals surface area contributed by atoms with E-state index < -0.39 is 23.4 Å². The number of alkyl halides is 3. The number of aryl methyl sites for hydroxylation is 2. The lowest BCUT2D eigenvalue weighted by atomic mass is 10.0. The summed E-state index contributed by atoms with van der Waals surface area (Å²) in [6, 6.07) is 4.67. The van der Waals surface area contributed by atoms with Gasteiger partial charge in [0.1, 0.15) is 17.3 Å². The van der Waals surface area contributed by atoms with Crippen LogP contribution in [0.2, 0.25) is 0 Å². The Morgan fingerprint density at radius 1 is 1.16 bits per heavy atom. The molecule has 1 atom stereocenters. The second-order valence-electron chi connectivity index (χ2n) is 7.32. The number of nitrogens with one attached hydrogen (secondary N) is 1. The molecule has 3 rings (SSSR count). The fourth-order valence-electron chi connectivity index (χ4n) is 3.65. The molecule has 2 aromatic heterocycles. The summed E-state index contributed by atoms with van der Waals surface area (Å²) in [6.07, 6.45) is -4.42. The number of hydrogen-bond donors (Lipinski definition) is 1. The summed E-state index contributed by atoms with van der Waals surface area (Å²) >= 11 is 0. The lowest BCUT2D eigenvalue weighted by Gasteiger charge is -2.23. The van der Waals surface area contributed by atoms with Crippen LogP contribution >= 0.6 is 0 Å². The first-order valence-corrected chi connectivity index (χ1v) is 10.1. The average Bonchev–Trinajstić information content (AvgIpc) is 2.69. The van der Waals surface area contributed by atoms with Gasteiger partial charge in [0.05, 0.1) is 10.9 Å². The van der Waals surface area contributed by atoms with Crippen LogP contribution in [-0.4, -0.2) is 23.1 Å². The van der Waals surface area contributed by atoms with Gasteiger partial charge >= 0.3 is 11.8 Å². The first kappa shape index (κ1) is 22.6. The Balaban J connectivity index is 2.12. The molecule has 1 N–H and O–H groups in total. The van der Waals surface area contributed by atoms with Gasteiger partial charge in [0, 0.05) is 19.1 Å². The summed E-state index contributed by atoms with van der Waals surface area (Å²) < 4.78 is 44.8. The summed E-state index contributed by atoms with van der Waals surface area (Å²) in [5, 5.41) is 3.72. The Hall–Kier alpha value is -3.10. The van der Waals surface area contributed by atoms with E-state index in [-0.39, 0.29) is 5.71 Å². The molecule has 31 heavy (non-hydrogen) atoms. The van der Waals surface area contributed by atoms with Crippen molar-refractivity contribution in [2.75, 3.05) is 23.3 Å². The van der Waals surface area contributed by atoms with Crippen molar-refractivity contribution in [3.8, 4) is 0 Å². The van der Waals surface area contributed by atoms with Crippen LogP contribution in [0.5, 0.6) is 0 Å². The van der Waals surface area contributed by atoms with Gasteiger partial charge in [-0.05, 0) is 57.9 Å².